The van der Waals surface area contributed by atoms with Crippen molar-refractivity contribution in [3.8, 4) is 11.5 Å². The van der Waals surface area contributed by atoms with Crippen LogP contribution in [0, 0.1) is 5.92 Å². The maximum Gasteiger partial charge on any atom is 0.174 e. The normalized spacial score (nSPS) is 42.0. The zero-order valence-electron chi connectivity index (χ0n) is 12.5. The number of piperidine rings is 1. The summed E-state index contributed by atoms with van der Waals surface area (Å²) in [6, 6.07) is 3.40. The van der Waals surface area contributed by atoms with Crippen molar-refractivity contribution in [3.05, 3.63) is 23.3 Å². The van der Waals surface area contributed by atoms with Gasteiger partial charge in [0, 0.05) is 23.4 Å². The molecule has 2 N–H and O–H groups in total. The van der Waals surface area contributed by atoms with Crippen LogP contribution in [0.25, 0.3) is 0 Å². The van der Waals surface area contributed by atoms with Gasteiger partial charge in [0.2, 0.25) is 0 Å². The van der Waals surface area contributed by atoms with Crippen molar-refractivity contribution < 1.29 is 19.7 Å². The van der Waals surface area contributed by atoms with Crippen LogP contribution in [-0.4, -0.2) is 46.6 Å². The lowest BCUT2D eigenvalue weighted by Crippen LogP contribution is -2.66. The fraction of sp³-hybridized carbons (Fsp3) is 0.588. The molecule has 5 nitrogen and oxygen atoms in total. The highest BCUT2D eigenvalue weighted by Gasteiger charge is 2.67. The molecule has 116 valence electrons. The molecular weight excluding hydrogens is 282 g/mol. The van der Waals surface area contributed by atoms with E-state index in [4.69, 9.17) is 4.74 Å². The number of carbonyl (C=O) groups excluding carboxylic acids is 1. The molecule has 1 aromatic rings. The van der Waals surface area contributed by atoms with Crippen molar-refractivity contribution in [3.63, 3.8) is 0 Å². The lowest BCUT2D eigenvalue weighted by atomic mass is 9.51. The summed E-state index contributed by atoms with van der Waals surface area (Å²) in [5, 5.41) is 21.1. The summed E-state index contributed by atoms with van der Waals surface area (Å²) < 4.78 is 5.98. The van der Waals surface area contributed by atoms with Gasteiger partial charge in [-0.1, -0.05) is 6.07 Å². The van der Waals surface area contributed by atoms with Crippen LogP contribution in [-0.2, 0) is 10.2 Å². The number of benzene rings is 1. The molecule has 1 spiro atoms. The van der Waals surface area contributed by atoms with E-state index < -0.39 is 12.2 Å². The molecule has 5 atom stereocenters. The summed E-state index contributed by atoms with van der Waals surface area (Å²) in [6.45, 7) is 0.833. The van der Waals surface area contributed by atoms with Crippen LogP contribution in [0.3, 0.4) is 0 Å². The van der Waals surface area contributed by atoms with Crippen LogP contribution < -0.4 is 4.74 Å². The third-order valence-corrected chi connectivity index (χ3v) is 6.44. The molecular formula is C17H19NO4. The summed E-state index contributed by atoms with van der Waals surface area (Å²) >= 11 is 0. The van der Waals surface area contributed by atoms with Gasteiger partial charge in [0.15, 0.2) is 23.4 Å². The minimum atomic E-state index is -0.590. The lowest BCUT2D eigenvalue weighted by Gasteiger charge is -2.58. The minimum absolute atomic E-state index is 0.0240. The van der Waals surface area contributed by atoms with Crippen molar-refractivity contribution in [1.82, 2.24) is 4.90 Å². The van der Waals surface area contributed by atoms with Gasteiger partial charge in [0.25, 0.3) is 0 Å². The molecule has 0 unspecified atom stereocenters. The number of ketones is 1. The summed E-state index contributed by atoms with van der Waals surface area (Å²) in [5.74, 6) is 0.862. The molecule has 2 bridgehead atoms. The second-order valence-electron chi connectivity index (χ2n) is 7.19. The topological polar surface area (TPSA) is 70.0 Å². The highest BCUT2D eigenvalue weighted by atomic mass is 16.5. The Bertz CT molecular complexity index is 702. The minimum Gasteiger partial charge on any atom is -0.504 e. The number of likely N-dealkylation sites (N-methyl/N-ethyl adjacent to an activating group) is 1. The average molecular weight is 301 g/mol. The number of phenols is 1. The molecule has 2 fully saturated rings. The van der Waals surface area contributed by atoms with Crippen molar-refractivity contribution in [2.75, 3.05) is 13.6 Å². The van der Waals surface area contributed by atoms with Crippen molar-refractivity contribution in [2.45, 2.75) is 42.9 Å². The Kier molecular flexibility index (Phi) is 2.25. The van der Waals surface area contributed by atoms with Crippen molar-refractivity contribution >= 4 is 5.78 Å². The molecule has 1 aromatic carbocycles. The van der Waals surface area contributed by atoms with Crippen LogP contribution in [0.2, 0.25) is 0 Å². The Labute approximate surface area is 128 Å². The van der Waals surface area contributed by atoms with Crippen LogP contribution >= 0.6 is 0 Å². The fourth-order valence-electron chi connectivity index (χ4n) is 5.59. The molecule has 0 aromatic heterocycles. The number of aliphatic hydroxyl groups excluding tert-OH is 1. The third kappa shape index (κ3) is 1.19. The van der Waals surface area contributed by atoms with Gasteiger partial charge in [-0.3, -0.25) is 4.79 Å². The van der Waals surface area contributed by atoms with E-state index in [0.717, 1.165) is 30.5 Å². The quantitative estimate of drug-likeness (QED) is 0.751. The van der Waals surface area contributed by atoms with E-state index in [1.54, 1.807) is 12.1 Å². The molecule has 2 aliphatic carbocycles. The Hall–Kier alpha value is -1.59. The largest absolute Gasteiger partial charge is 0.504 e. The monoisotopic (exact) mass is 301 g/mol. The number of nitrogens with zero attached hydrogens (tertiary/aromatic N) is 1. The number of hydrogen-bond acceptors (Lipinski definition) is 5. The summed E-state index contributed by atoms with van der Waals surface area (Å²) in [4.78, 5) is 14.7. The second kappa shape index (κ2) is 3.84. The first-order chi connectivity index (χ1) is 10.6. The maximum atomic E-state index is 12.5. The third-order valence-electron chi connectivity index (χ3n) is 6.44. The highest BCUT2D eigenvalue weighted by molar-refractivity contribution is 5.89. The molecule has 2 aliphatic heterocycles. The molecule has 4 aliphatic rings. The molecule has 0 amide bonds. The zero-order valence-corrected chi connectivity index (χ0v) is 12.5. The summed E-state index contributed by atoms with van der Waals surface area (Å²) in [5.41, 5.74) is 1.39. The van der Waals surface area contributed by atoms with Crippen molar-refractivity contribution in [2.24, 2.45) is 5.92 Å². The molecule has 22 heavy (non-hydrogen) atoms. The number of likely N-dealkylation sites (tertiary alicyclic amines) is 1. The van der Waals surface area contributed by atoms with Gasteiger partial charge in [-0.2, -0.15) is 0 Å². The molecule has 5 rings (SSSR count). The number of Topliss-reactive ketones (excluding diaryl/α,β-unsaturated/α-hetero) is 1. The molecule has 5 heteroatoms. The maximum absolute atomic E-state index is 12.5. The predicted octanol–water partition coefficient (Wildman–Crippen LogP) is 1.12. The number of carbonyl (C=O) groups is 1. The smallest absolute Gasteiger partial charge is 0.174 e. The lowest BCUT2D eigenvalue weighted by molar-refractivity contribution is -0.143. The number of hydrogen-bond donors (Lipinski definition) is 2. The van der Waals surface area contributed by atoms with E-state index in [1.807, 2.05) is 7.05 Å². The van der Waals surface area contributed by atoms with Gasteiger partial charge in [-0.25, -0.2) is 0 Å². The molecule has 0 radical (unpaired) electrons. The van der Waals surface area contributed by atoms with E-state index >= 15 is 0 Å². The summed E-state index contributed by atoms with van der Waals surface area (Å²) in [7, 11) is 2.05. The number of aliphatic hydroxyl groups is 1. The molecule has 1 saturated heterocycles. The Balaban J connectivity index is 1.86. The van der Waals surface area contributed by atoms with Gasteiger partial charge in [0.05, 0.1) is 6.10 Å². The Morgan fingerprint density at radius 2 is 2.23 bits per heavy atom. The number of aromatic hydroxyl groups is 1. The number of phenolic OH excluding ortho intramolecular Hbond substituents is 1. The van der Waals surface area contributed by atoms with E-state index in [0.29, 0.717) is 12.2 Å². The van der Waals surface area contributed by atoms with E-state index in [2.05, 4.69) is 4.90 Å². The summed E-state index contributed by atoms with van der Waals surface area (Å²) in [6.07, 6.45) is 1.06. The standard InChI is InChI=1S/C17H19NO4/c1-18-7-6-17-9-3-5-11(20)16(17)22-15-10(19)4-2-8(12(15)17)14(21)13(9)18/h2,4,9,13-14,16,19,21H,3,5-7H2,1H3/t9-,13-,14-,16-,17-/m0/s1. The van der Waals surface area contributed by atoms with Crippen LogP contribution in [0.1, 0.15) is 36.5 Å². The van der Waals surface area contributed by atoms with Crippen LogP contribution in [0.4, 0.5) is 0 Å². The highest BCUT2D eigenvalue weighted by Crippen LogP contribution is 2.64. The van der Waals surface area contributed by atoms with E-state index in [1.165, 1.54) is 0 Å². The van der Waals surface area contributed by atoms with Gasteiger partial charge in [-0.15, -0.1) is 0 Å². The Morgan fingerprint density at radius 3 is 3.05 bits per heavy atom. The molecule has 2 heterocycles. The zero-order chi connectivity index (χ0) is 15.2. The van der Waals surface area contributed by atoms with E-state index in [9.17, 15) is 15.0 Å². The van der Waals surface area contributed by atoms with Gasteiger partial charge < -0.3 is 19.8 Å². The van der Waals surface area contributed by atoms with Gasteiger partial charge in [0.1, 0.15) is 0 Å². The first-order valence-electron chi connectivity index (χ1n) is 7.99. The van der Waals surface area contributed by atoms with Crippen LogP contribution in [0.15, 0.2) is 12.1 Å². The number of ether oxygens (including phenoxy) is 1. The van der Waals surface area contributed by atoms with Crippen LogP contribution in [0.5, 0.6) is 11.5 Å². The second-order valence-corrected chi connectivity index (χ2v) is 7.19. The Morgan fingerprint density at radius 1 is 1.41 bits per heavy atom. The van der Waals surface area contributed by atoms with Gasteiger partial charge in [-0.05, 0) is 44.0 Å². The first-order valence-corrected chi connectivity index (χ1v) is 7.99. The average Bonchev–Trinajstić information content (AvgIpc) is 2.85. The van der Waals surface area contributed by atoms with E-state index in [-0.39, 0.29) is 28.9 Å². The predicted molar refractivity (Wildman–Crippen MR) is 77.9 cm³/mol. The van der Waals surface area contributed by atoms with Crippen molar-refractivity contribution in [1.29, 1.82) is 0 Å². The molecule has 1 saturated carbocycles. The van der Waals surface area contributed by atoms with Gasteiger partial charge >= 0.3 is 0 Å². The first kappa shape index (κ1) is 12.9. The SMILES string of the molecule is CN1CC[C@]23c4c5ccc(O)c4O[C@H]2C(=O)CC[C@H]3[C@H]1[C@H]5O. The number of rotatable bonds is 0. The fourth-order valence-corrected chi connectivity index (χ4v) is 5.59.